The monoisotopic (exact) mass is 460 g/mol. The van der Waals surface area contributed by atoms with Crippen LogP contribution in [0.5, 0.6) is 5.75 Å². The summed E-state index contributed by atoms with van der Waals surface area (Å²) in [5.41, 5.74) is 5.79. The Balaban J connectivity index is 1.43. The van der Waals surface area contributed by atoms with Gasteiger partial charge in [0.15, 0.2) is 11.9 Å². The van der Waals surface area contributed by atoms with Crippen LogP contribution in [0.1, 0.15) is 47.8 Å². The molecule has 0 amide bonds. The Morgan fingerprint density at radius 2 is 2.03 bits per heavy atom. The van der Waals surface area contributed by atoms with Crippen molar-refractivity contribution in [1.82, 2.24) is 14.5 Å². The predicted octanol–water partition coefficient (Wildman–Crippen LogP) is 5.59. The zero-order valence-electron chi connectivity index (χ0n) is 19.8. The van der Waals surface area contributed by atoms with E-state index in [4.69, 9.17) is 9.57 Å². The number of aromatic nitrogens is 2. The molecule has 1 atom stereocenters. The van der Waals surface area contributed by atoms with E-state index in [-0.39, 0.29) is 11.9 Å². The second-order valence-electron chi connectivity index (χ2n) is 8.97. The average Bonchev–Trinajstić information content (AvgIpc) is 3.12. The molecule has 0 unspecified atom stereocenters. The zero-order chi connectivity index (χ0) is 23.7. The lowest BCUT2D eigenvalue weighted by Gasteiger charge is -2.29. The molecular weight excluding hydrogens is 431 g/mol. The first-order valence-electron chi connectivity index (χ1n) is 11.7. The summed E-state index contributed by atoms with van der Waals surface area (Å²) in [4.78, 5) is 12.6. The van der Waals surface area contributed by atoms with Crippen LogP contribution in [0.25, 0.3) is 11.8 Å². The summed E-state index contributed by atoms with van der Waals surface area (Å²) in [6, 6.07) is 11.2. The van der Waals surface area contributed by atoms with Crippen molar-refractivity contribution >= 4 is 11.9 Å². The molecule has 3 heterocycles. The van der Waals surface area contributed by atoms with Crippen molar-refractivity contribution in [2.45, 2.75) is 39.2 Å². The fraction of sp³-hybridized carbons (Fsp3) is 0.333. The highest BCUT2D eigenvalue weighted by molar-refractivity contribution is 6.02. The van der Waals surface area contributed by atoms with Crippen LogP contribution in [0, 0.1) is 19.7 Å². The Morgan fingerprint density at radius 3 is 2.79 bits per heavy atom. The Bertz CT molecular complexity index is 1240. The number of nitrogens with zero attached hydrogens (tertiary/aromatic N) is 4. The predicted molar refractivity (Wildman–Crippen MR) is 131 cm³/mol. The van der Waals surface area contributed by atoms with Crippen molar-refractivity contribution in [3.8, 4) is 11.4 Å². The van der Waals surface area contributed by atoms with E-state index in [9.17, 15) is 4.39 Å². The number of aryl methyl sites for hydroxylation is 2. The summed E-state index contributed by atoms with van der Waals surface area (Å²) in [7, 11) is 1.68. The van der Waals surface area contributed by atoms with E-state index in [1.807, 2.05) is 42.8 Å². The first kappa shape index (κ1) is 22.2. The van der Waals surface area contributed by atoms with Crippen LogP contribution in [0.3, 0.4) is 0 Å². The molecule has 0 radical (unpaired) electrons. The molecule has 176 valence electrons. The lowest BCUT2D eigenvalue weighted by Crippen LogP contribution is -2.37. The SMILES string of the molecule is COc1cc(/C=C2\CCCN3CC[C@@H](c4cc(C)cc(F)c4)ON=C23)ccc1-n1cnc(C)c1. The summed E-state index contributed by atoms with van der Waals surface area (Å²) in [5, 5.41) is 4.56. The average molecular weight is 461 g/mol. The normalized spacial score (nSPS) is 19.3. The van der Waals surface area contributed by atoms with Crippen LogP contribution in [-0.2, 0) is 4.84 Å². The van der Waals surface area contributed by atoms with E-state index < -0.39 is 0 Å². The van der Waals surface area contributed by atoms with Crippen LogP contribution in [0.4, 0.5) is 4.39 Å². The van der Waals surface area contributed by atoms with Gasteiger partial charge in [0.2, 0.25) is 0 Å². The number of benzene rings is 2. The van der Waals surface area contributed by atoms with Crippen molar-refractivity contribution < 1.29 is 14.0 Å². The minimum atomic E-state index is -0.258. The number of rotatable bonds is 4. The van der Waals surface area contributed by atoms with Gasteiger partial charge in [0.05, 0.1) is 24.8 Å². The molecule has 7 heteroatoms. The molecule has 2 aliphatic heterocycles. The lowest BCUT2D eigenvalue weighted by molar-refractivity contribution is 0.0574. The van der Waals surface area contributed by atoms with E-state index in [0.717, 1.165) is 77.6 Å². The van der Waals surface area contributed by atoms with Crippen LogP contribution < -0.4 is 4.74 Å². The molecule has 2 aliphatic rings. The molecule has 0 aliphatic carbocycles. The number of hydrogen-bond acceptors (Lipinski definition) is 5. The van der Waals surface area contributed by atoms with Crippen molar-refractivity contribution in [2.24, 2.45) is 5.16 Å². The molecule has 34 heavy (non-hydrogen) atoms. The maximum Gasteiger partial charge on any atom is 0.171 e. The molecule has 3 aromatic rings. The number of halogens is 1. The molecule has 0 bridgehead atoms. The third-order valence-electron chi connectivity index (χ3n) is 6.36. The number of amidine groups is 1. The van der Waals surface area contributed by atoms with Gasteiger partial charge in [0.25, 0.3) is 0 Å². The quantitative estimate of drug-likeness (QED) is 0.509. The Kier molecular flexibility index (Phi) is 6.09. The highest BCUT2D eigenvalue weighted by atomic mass is 19.1. The highest BCUT2D eigenvalue weighted by Crippen LogP contribution is 2.31. The van der Waals surface area contributed by atoms with Gasteiger partial charge in [-0.15, -0.1) is 0 Å². The van der Waals surface area contributed by atoms with Gasteiger partial charge in [-0.2, -0.15) is 0 Å². The molecule has 1 fully saturated rings. The maximum atomic E-state index is 14.0. The Hall–Kier alpha value is -3.61. The topological polar surface area (TPSA) is 51.9 Å². The Labute approximate surface area is 199 Å². The van der Waals surface area contributed by atoms with Gasteiger partial charge >= 0.3 is 0 Å². The molecule has 2 aromatic carbocycles. The summed E-state index contributed by atoms with van der Waals surface area (Å²) in [6.45, 7) is 5.62. The third-order valence-corrected chi connectivity index (χ3v) is 6.36. The van der Waals surface area contributed by atoms with E-state index in [1.54, 1.807) is 19.5 Å². The summed E-state index contributed by atoms with van der Waals surface area (Å²) >= 11 is 0. The van der Waals surface area contributed by atoms with Crippen LogP contribution in [0.2, 0.25) is 0 Å². The number of methoxy groups -OCH3 is 1. The van der Waals surface area contributed by atoms with Crippen LogP contribution >= 0.6 is 0 Å². The van der Waals surface area contributed by atoms with Gasteiger partial charge in [0, 0.05) is 25.7 Å². The van der Waals surface area contributed by atoms with Crippen molar-refractivity contribution in [2.75, 3.05) is 20.2 Å². The van der Waals surface area contributed by atoms with Gasteiger partial charge in [-0.25, -0.2) is 9.37 Å². The highest BCUT2D eigenvalue weighted by Gasteiger charge is 2.27. The first-order valence-corrected chi connectivity index (χ1v) is 11.7. The first-order chi connectivity index (χ1) is 16.5. The van der Waals surface area contributed by atoms with Crippen molar-refractivity contribution in [3.05, 3.63) is 82.7 Å². The van der Waals surface area contributed by atoms with E-state index >= 15 is 0 Å². The number of oxime groups is 1. The fourth-order valence-corrected chi connectivity index (χ4v) is 4.72. The van der Waals surface area contributed by atoms with E-state index in [0.29, 0.717) is 0 Å². The van der Waals surface area contributed by atoms with E-state index in [2.05, 4.69) is 27.2 Å². The summed E-state index contributed by atoms with van der Waals surface area (Å²) < 4.78 is 21.6. The second kappa shape index (κ2) is 9.33. The van der Waals surface area contributed by atoms with Crippen LogP contribution in [0.15, 0.2) is 59.7 Å². The van der Waals surface area contributed by atoms with Gasteiger partial charge < -0.3 is 19.0 Å². The van der Waals surface area contributed by atoms with Gasteiger partial charge in [-0.05, 0) is 79.3 Å². The smallest absolute Gasteiger partial charge is 0.171 e. The minimum absolute atomic E-state index is 0.239. The standard InChI is InChI=1S/C27H29FN4O2/c1-18-11-22(15-23(28)12-18)25-8-10-31-9-4-5-21(27(31)30-34-25)13-20-6-7-24(26(14-20)33-3)32-16-19(2)29-17-32/h6-7,11-17,25H,4-5,8-10H2,1-3H3/b21-13+/t25-/m0/s1. The molecule has 5 rings (SSSR count). The number of imidazole rings is 1. The number of fused-ring (bicyclic) bond motifs is 1. The maximum absolute atomic E-state index is 14.0. The third kappa shape index (κ3) is 4.55. The Morgan fingerprint density at radius 1 is 1.15 bits per heavy atom. The minimum Gasteiger partial charge on any atom is -0.495 e. The summed E-state index contributed by atoms with van der Waals surface area (Å²) in [5.74, 6) is 1.41. The molecule has 0 spiro atoms. The van der Waals surface area contributed by atoms with Crippen molar-refractivity contribution in [3.63, 3.8) is 0 Å². The van der Waals surface area contributed by atoms with Gasteiger partial charge in [0.1, 0.15) is 11.6 Å². The van der Waals surface area contributed by atoms with Gasteiger partial charge in [-0.1, -0.05) is 17.3 Å². The molecule has 1 aromatic heterocycles. The molecule has 1 saturated heterocycles. The van der Waals surface area contributed by atoms with Crippen LogP contribution in [-0.4, -0.2) is 40.5 Å². The van der Waals surface area contributed by atoms with E-state index in [1.165, 1.54) is 6.07 Å². The molecule has 0 N–H and O–H groups in total. The van der Waals surface area contributed by atoms with Crippen molar-refractivity contribution in [1.29, 1.82) is 0 Å². The number of ether oxygens (including phenoxy) is 1. The number of hydrogen-bond donors (Lipinski definition) is 0. The fourth-order valence-electron chi connectivity index (χ4n) is 4.72. The zero-order valence-corrected chi connectivity index (χ0v) is 19.8. The molecular formula is C27H29FN4O2. The number of piperidine rings is 1. The molecule has 6 nitrogen and oxygen atoms in total. The second-order valence-corrected chi connectivity index (χ2v) is 8.97. The molecule has 0 saturated carbocycles. The largest absolute Gasteiger partial charge is 0.495 e. The van der Waals surface area contributed by atoms with Gasteiger partial charge in [-0.3, -0.25) is 0 Å². The lowest BCUT2D eigenvalue weighted by atomic mass is 9.99. The summed E-state index contributed by atoms with van der Waals surface area (Å²) in [6.07, 6.45) is 8.40.